The molecule has 0 aliphatic carbocycles. The third-order valence-electron chi connectivity index (χ3n) is 3.13. The minimum absolute atomic E-state index is 0.287. The van der Waals surface area contributed by atoms with E-state index in [0.717, 1.165) is 6.42 Å². The maximum Gasteiger partial charge on any atom is 0.0716 e. The molecule has 21 heavy (non-hydrogen) atoms. The third-order valence-corrected chi connectivity index (χ3v) is 3.13. The van der Waals surface area contributed by atoms with Crippen molar-refractivity contribution in [3.63, 3.8) is 0 Å². The van der Waals surface area contributed by atoms with Crippen molar-refractivity contribution in [2.45, 2.75) is 40.2 Å². The van der Waals surface area contributed by atoms with Crippen LogP contribution < -0.4 is 0 Å². The molecule has 0 aliphatic rings. The summed E-state index contributed by atoms with van der Waals surface area (Å²) in [5.74, 6) is 0.696. The van der Waals surface area contributed by atoms with E-state index in [1.54, 1.807) is 0 Å². The van der Waals surface area contributed by atoms with Crippen molar-refractivity contribution in [2.75, 3.05) is 0 Å². The lowest BCUT2D eigenvalue weighted by Gasteiger charge is -2.06. The molecule has 1 atom stereocenters. The first-order chi connectivity index (χ1) is 10.1. The molecule has 0 radical (unpaired) electrons. The number of hydrogen-bond acceptors (Lipinski definition) is 1. The Morgan fingerprint density at radius 3 is 1.81 bits per heavy atom. The van der Waals surface area contributed by atoms with E-state index in [1.807, 2.05) is 30.5 Å². The summed E-state index contributed by atoms with van der Waals surface area (Å²) >= 11 is 0. The van der Waals surface area contributed by atoms with Crippen LogP contribution in [0.3, 0.4) is 0 Å². The van der Waals surface area contributed by atoms with Crippen molar-refractivity contribution in [1.82, 2.24) is 0 Å². The molecule has 0 N–H and O–H groups in total. The Balaban J connectivity index is 0.000000262. The molecule has 2 rings (SSSR count). The van der Waals surface area contributed by atoms with Gasteiger partial charge in [-0.15, -0.1) is 0 Å². The fourth-order valence-corrected chi connectivity index (χ4v) is 1.78. The van der Waals surface area contributed by atoms with Gasteiger partial charge in [-0.05, 0) is 38.0 Å². The molecular weight excluding hydrogens is 254 g/mol. The Bertz CT molecular complexity index is 500. The summed E-state index contributed by atoms with van der Waals surface area (Å²) in [7, 11) is 0. The number of aryl methyl sites for hydroxylation is 1. The van der Waals surface area contributed by atoms with E-state index < -0.39 is 0 Å². The first-order valence-electron chi connectivity index (χ1n) is 7.67. The van der Waals surface area contributed by atoms with Crippen LogP contribution in [0.4, 0.5) is 0 Å². The molecular formula is C20H27N. The average Bonchev–Trinajstić information content (AvgIpc) is 2.49. The molecule has 2 aromatic carbocycles. The van der Waals surface area contributed by atoms with E-state index in [2.05, 4.69) is 69.1 Å². The molecule has 0 heterocycles. The first kappa shape index (κ1) is 17.2. The molecule has 0 spiro atoms. The second-order valence-corrected chi connectivity index (χ2v) is 5.70. The fourth-order valence-electron chi connectivity index (χ4n) is 1.78. The van der Waals surface area contributed by atoms with Gasteiger partial charge in [-0.3, -0.25) is 4.99 Å². The van der Waals surface area contributed by atoms with Gasteiger partial charge < -0.3 is 0 Å². The van der Waals surface area contributed by atoms with Crippen LogP contribution >= 0.6 is 0 Å². The highest BCUT2D eigenvalue weighted by Crippen LogP contribution is 2.15. The summed E-state index contributed by atoms with van der Waals surface area (Å²) in [6.07, 6.45) is 3.11. The fraction of sp³-hybridized carbons (Fsp3) is 0.350. The SMILES string of the molecule is CC(C)CC=N[C@H](C)c1ccccc1.Cc1ccccc1. The highest BCUT2D eigenvalue weighted by Gasteiger charge is 1.99. The van der Waals surface area contributed by atoms with Crippen molar-refractivity contribution in [2.24, 2.45) is 10.9 Å². The molecule has 0 fully saturated rings. The number of benzene rings is 2. The molecule has 0 unspecified atom stereocenters. The Labute approximate surface area is 129 Å². The van der Waals surface area contributed by atoms with E-state index in [4.69, 9.17) is 0 Å². The first-order valence-corrected chi connectivity index (χ1v) is 7.67. The van der Waals surface area contributed by atoms with E-state index in [1.165, 1.54) is 11.1 Å². The monoisotopic (exact) mass is 281 g/mol. The molecule has 0 saturated heterocycles. The lowest BCUT2D eigenvalue weighted by atomic mass is 10.1. The number of nitrogens with zero attached hydrogens (tertiary/aromatic N) is 1. The molecule has 112 valence electrons. The zero-order valence-corrected chi connectivity index (χ0v) is 13.7. The van der Waals surface area contributed by atoms with Crippen LogP contribution in [0.25, 0.3) is 0 Å². The molecule has 0 aliphatic heterocycles. The zero-order valence-electron chi connectivity index (χ0n) is 13.7. The molecule has 0 saturated carbocycles. The largest absolute Gasteiger partial charge is 0.290 e. The second kappa shape index (κ2) is 9.93. The normalized spacial score (nSPS) is 12.0. The summed E-state index contributed by atoms with van der Waals surface area (Å²) in [5, 5.41) is 0. The minimum Gasteiger partial charge on any atom is -0.290 e. The maximum absolute atomic E-state index is 4.51. The van der Waals surface area contributed by atoms with Crippen molar-refractivity contribution in [1.29, 1.82) is 0 Å². The predicted molar refractivity (Wildman–Crippen MR) is 94.0 cm³/mol. The quantitative estimate of drug-likeness (QED) is 0.622. The van der Waals surface area contributed by atoms with Crippen LogP contribution in [0.2, 0.25) is 0 Å². The summed E-state index contributed by atoms with van der Waals surface area (Å²) in [6.45, 7) is 8.63. The van der Waals surface area contributed by atoms with Crippen molar-refractivity contribution >= 4 is 6.21 Å². The molecule has 1 nitrogen and oxygen atoms in total. The van der Waals surface area contributed by atoms with E-state index >= 15 is 0 Å². The van der Waals surface area contributed by atoms with Crippen LogP contribution in [0.5, 0.6) is 0 Å². The molecule has 0 amide bonds. The molecule has 1 heteroatoms. The van der Waals surface area contributed by atoms with E-state index in [0.29, 0.717) is 5.92 Å². The number of rotatable bonds is 4. The van der Waals surface area contributed by atoms with Gasteiger partial charge in [0, 0.05) is 0 Å². The van der Waals surface area contributed by atoms with Crippen molar-refractivity contribution < 1.29 is 0 Å². The Kier molecular flexibility index (Phi) is 8.11. The zero-order chi connectivity index (χ0) is 15.5. The number of aliphatic imine (C=N–C) groups is 1. The lowest BCUT2D eigenvalue weighted by Crippen LogP contribution is -1.92. The lowest BCUT2D eigenvalue weighted by molar-refractivity contribution is 0.684. The van der Waals surface area contributed by atoms with E-state index in [-0.39, 0.29) is 6.04 Å². The Morgan fingerprint density at radius 2 is 1.38 bits per heavy atom. The topological polar surface area (TPSA) is 12.4 Å². The van der Waals surface area contributed by atoms with Crippen LogP contribution in [0.1, 0.15) is 44.4 Å². The molecule has 0 bridgehead atoms. The summed E-state index contributed by atoms with van der Waals surface area (Å²) in [4.78, 5) is 4.51. The molecule has 2 aromatic rings. The number of hydrogen-bond donors (Lipinski definition) is 0. The van der Waals surface area contributed by atoms with Gasteiger partial charge in [0.1, 0.15) is 0 Å². The molecule has 0 aromatic heterocycles. The summed E-state index contributed by atoms with van der Waals surface area (Å²) in [5.41, 5.74) is 2.61. The second-order valence-electron chi connectivity index (χ2n) is 5.70. The minimum atomic E-state index is 0.287. The van der Waals surface area contributed by atoms with Gasteiger partial charge in [-0.2, -0.15) is 0 Å². The van der Waals surface area contributed by atoms with Gasteiger partial charge in [-0.25, -0.2) is 0 Å². The highest BCUT2D eigenvalue weighted by molar-refractivity contribution is 5.57. The Hall–Kier alpha value is -1.89. The van der Waals surface area contributed by atoms with Crippen LogP contribution in [-0.2, 0) is 0 Å². The summed E-state index contributed by atoms with van der Waals surface area (Å²) < 4.78 is 0. The smallest absolute Gasteiger partial charge is 0.0716 e. The Morgan fingerprint density at radius 1 is 0.857 bits per heavy atom. The third kappa shape index (κ3) is 8.09. The van der Waals surface area contributed by atoms with Crippen LogP contribution in [-0.4, -0.2) is 6.21 Å². The summed E-state index contributed by atoms with van der Waals surface area (Å²) in [6, 6.07) is 20.9. The van der Waals surface area contributed by atoms with Gasteiger partial charge in [0.05, 0.1) is 6.04 Å². The van der Waals surface area contributed by atoms with Gasteiger partial charge in [0.2, 0.25) is 0 Å². The average molecular weight is 281 g/mol. The maximum atomic E-state index is 4.51. The standard InChI is InChI=1S/C13H19N.C7H8/c1-11(2)9-10-14-12(3)13-7-5-4-6-8-13;1-7-5-3-2-4-6-7/h4-8,10-12H,9H2,1-3H3;2-6H,1H3/t12-;/m1./s1. The van der Waals surface area contributed by atoms with Crippen LogP contribution in [0.15, 0.2) is 65.7 Å². The van der Waals surface area contributed by atoms with Gasteiger partial charge >= 0.3 is 0 Å². The predicted octanol–water partition coefficient (Wildman–Crippen LogP) is 5.86. The van der Waals surface area contributed by atoms with Gasteiger partial charge in [-0.1, -0.05) is 80.1 Å². The van der Waals surface area contributed by atoms with Gasteiger partial charge in [0.15, 0.2) is 0 Å². The van der Waals surface area contributed by atoms with Crippen LogP contribution in [0, 0.1) is 12.8 Å². The van der Waals surface area contributed by atoms with E-state index in [9.17, 15) is 0 Å². The highest BCUT2D eigenvalue weighted by atomic mass is 14.8. The van der Waals surface area contributed by atoms with Crippen molar-refractivity contribution in [3.05, 3.63) is 71.8 Å². The van der Waals surface area contributed by atoms with Gasteiger partial charge in [0.25, 0.3) is 0 Å². The van der Waals surface area contributed by atoms with Crippen molar-refractivity contribution in [3.8, 4) is 0 Å².